The minimum absolute atomic E-state index is 0.0956. The van der Waals surface area contributed by atoms with Crippen molar-refractivity contribution in [2.75, 3.05) is 20.2 Å². The van der Waals surface area contributed by atoms with Gasteiger partial charge >= 0.3 is 12.1 Å². The molecule has 1 aliphatic heterocycles. The third kappa shape index (κ3) is 4.09. The lowest BCUT2D eigenvalue weighted by atomic mass is 10.0. The number of carboxylic acid groups (broad SMARTS) is 1. The lowest BCUT2D eigenvalue weighted by Crippen LogP contribution is -2.30. The fraction of sp³-hybridized carbons (Fsp3) is 0.316. The van der Waals surface area contributed by atoms with Gasteiger partial charge in [0.05, 0.1) is 17.7 Å². The first-order valence-corrected chi connectivity index (χ1v) is 9.20. The Morgan fingerprint density at radius 1 is 1.36 bits per heavy atom. The summed E-state index contributed by atoms with van der Waals surface area (Å²) in [5.74, 6) is -0.832. The number of nitrogens with zero attached hydrogens (tertiary/aromatic N) is 1. The number of thiophene rings is 1. The predicted octanol–water partition coefficient (Wildman–Crippen LogP) is 4.32. The average Bonchev–Trinajstić information content (AvgIpc) is 2.95. The van der Waals surface area contributed by atoms with Crippen molar-refractivity contribution < 1.29 is 32.9 Å². The Hall–Kier alpha value is -2.68. The predicted molar refractivity (Wildman–Crippen MR) is 99.8 cm³/mol. The number of rotatable bonds is 5. The largest absolute Gasteiger partial charge is 0.507 e. The zero-order valence-corrected chi connectivity index (χ0v) is 15.9. The summed E-state index contributed by atoms with van der Waals surface area (Å²) < 4.78 is 45.7. The first-order chi connectivity index (χ1) is 13.1. The first-order valence-electron chi connectivity index (χ1n) is 8.32. The van der Waals surface area contributed by atoms with E-state index in [-0.39, 0.29) is 30.9 Å². The number of alkyl halides is 3. The number of likely N-dealkylation sites (N-methyl/N-ethyl adjacent to an activating group) is 1. The van der Waals surface area contributed by atoms with Gasteiger partial charge in [0.2, 0.25) is 0 Å². The second kappa shape index (κ2) is 7.38. The number of carbonyl (C=O) groups is 1. The smallest absolute Gasteiger partial charge is 0.416 e. The van der Waals surface area contributed by atoms with Gasteiger partial charge in [0.25, 0.3) is 0 Å². The molecular formula is C19H18F3NO4S. The maximum atomic E-state index is 13.1. The summed E-state index contributed by atoms with van der Waals surface area (Å²) in [6.45, 7) is 1.50. The number of aromatic hydroxyl groups is 1. The zero-order valence-electron chi connectivity index (χ0n) is 15.1. The highest BCUT2D eigenvalue weighted by atomic mass is 32.1. The van der Waals surface area contributed by atoms with E-state index in [0.717, 1.165) is 6.08 Å². The van der Waals surface area contributed by atoms with E-state index in [4.69, 9.17) is 9.84 Å². The monoisotopic (exact) mass is 413 g/mol. The summed E-state index contributed by atoms with van der Waals surface area (Å²) in [7, 11) is 1.68. The molecule has 0 atom stereocenters. The molecule has 1 aromatic heterocycles. The van der Waals surface area contributed by atoms with Crippen LogP contribution in [0, 0.1) is 0 Å². The summed E-state index contributed by atoms with van der Waals surface area (Å²) in [6.07, 6.45) is -3.56. The number of hydrogen-bond donors (Lipinski definition) is 2. The van der Waals surface area contributed by atoms with Crippen LogP contribution in [0.5, 0.6) is 11.5 Å². The normalized spacial score (nSPS) is 15.2. The molecule has 0 amide bonds. The maximum absolute atomic E-state index is 13.1. The van der Waals surface area contributed by atoms with Crippen LogP contribution in [0.25, 0.3) is 10.1 Å². The third-order valence-electron chi connectivity index (χ3n) is 4.47. The Balaban J connectivity index is 1.83. The third-order valence-corrected chi connectivity index (χ3v) is 5.45. The van der Waals surface area contributed by atoms with Crippen LogP contribution >= 0.6 is 11.3 Å². The fourth-order valence-corrected chi connectivity index (χ4v) is 4.15. The zero-order chi connectivity index (χ0) is 20.6. The van der Waals surface area contributed by atoms with Crippen LogP contribution in [-0.4, -0.2) is 47.5 Å². The van der Waals surface area contributed by atoms with Crippen LogP contribution < -0.4 is 4.74 Å². The number of fused-ring (bicyclic) bond motifs is 1. The molecule has 0 unspecified atom stereocenters. The van der Waals surface area contributed by atoms with Crippen LogP contribution in [-0.2, 0) is 11.2 Å². The Bertz CT molecular complexity index is 991. The molecule has 1 aliphatic rings. The molecule has 5 nitrogen and oxygen atoms in total. The number of aliphatic carboxylic acids is 1. The lowest BCUT2D eigenvalue weighted by Gasteiger charge is -2.29. The summed E-state index contributed by atoms with van der Waals surface area (Å²) in [5.41, 5.74) is 0.443. The highest BCUT2D eigenvalue weighted by Gasteiger charge is 2.36. The molecule has 2 aromatic rings. The second-order valence-electron chi connectivity index (χ2n) is 6.62. The van der Waals surface area contributed by atoms with E-state index in [9.17, 15) is 23.1 Å². The Morgan fingerprint density at radius 3 is 2.71 bits per heavy atom. The van der Waals surface area contributed by atoms with Crippen LogP contribution in [0.2, 0.25) is 0 Å². The van der Waals surface area contributed by atoms with E-state index in [0.29, 0.717) is 27.1 Å². The van der Waals surface area contributed by atoms with Gasteiger partial charge in [0.15, 0.2) is 0 Å². The van der Waals surface area contributed by atoms with Gasteiger partial charge in [-0.1, -0.05) is 0 Å². The van der Waals surface area contributed by atoms with E-state index in [1.807, 2.05) is 0 Å². The fourth-order valence-electron chi connectivity index (χ4n) is 3.14. The standard InChI is InChI=1S/C19H18F3NO4S/c1-10-7-23(2)12(4-14(10)19(20,21)22)8-27-13-5-15(24)18-11(3-17(25)26)9-28-16(18)6-13/h4-6,9,24H,3,7-8H2,1-2H3,(H,25,26). The Kier molecular flexibility index (Phi) is 5.29. The molecule has 2 N–H and O–H groups in total. The van der Waals surface area contributed by atoms with Crippen LogP contribution in [0.3, 0.4) is 0 Å². The van der Waals surface area contributed by atoms with Gasteiger partial charge in [0.1, 0.15) is 18.1 Å². The minimum Gasteiger partial charge on any atom is -0.507 e. The molecule has 0 saturated carbocycles. The van der Waals surface area contributed by atoms with E-state index in [1.165, 1.54) is 24.3 Å². The number of phenols is 1. The van der Waals surface area contributed by atoms with Crippen LogP contribution in [0.15, 0.2) is 40.4 Å². The molecule has 3 rings (SSSR count). The summed E-state index contributed by atoms with van der Waals surface area (Å²) in [5, 5.41) is 21.3. The molecule has 0 fully saturated rings. The molecule has 0 bridgehead atoms. The van der Waals surface area contributed by atoms with Gasteiger partial charge in [-0.3, -0.25) is 4.79 Å². The number of halogens is 3. The molecule has 0 aliphatic carbocycles. The average molecular weight is 413 g/mol. The SMILES string of the molecule is CC1=C(C(F)(F)F)C=C(COc2cc(O)c3c(CC(=O)O)csc3c2)N(C)C1. The van der Waals surface area contributed by atoms with Gasteiger partial charge < -0.3 is 19.8 Å². The van der Waals surface area contributed by atoms with Gasteiger partial charge in [-0.15, -0.1) is 11.3 Å². The van der Waals surface area contributed by atoms with Crippen LogP contribution in [0.4, 0.5) is 13.2 Å². The van der Waals surface area contributed by atoms with Crippen molar-refractivity contribution in [2.24, 2.45) is 0 Å². The van der Waals surface area contributed by atoms with E-state index >= 15 is 0 Å². The number of hydrogen-bond acceptors (Lipinski definition) is 5. The van der Waals surface area contributed by atoms with Crippen molar-refractivity contribution in [3.05, 3.63) is 46.0 Å². The quantitative estimate of drug-likeness (QED) is 0.764. The van der Waals surface area contributed by atoms with Crippen molar-refractivity contribution in [3.8, 4) is 11.5 Å². The minimum atomic E-state index is -4.43. The molecule has 0 spiro atoms. The van der Waals surface area contributed by atoms with Crippen molar-refractivity contribution in [1.82, 2.24) is 4.90 Å². The van der Waals surface area contributed by atoms with Gasteiger partial charge in [-0.2, -0.15) is 13.2 Å². The summed E-state index contributed by atoms with van der Waals surface area (Å²) in [4.78, 5) is 12.6. The number of benzene rings is 1. The Morgan fingerprint density at radius 2 is 2.07 bits per heavy atom. The Labute approximate surface area is 163 Å². The van der Waals surface area contributed by atoms with E-state index in [2.05, 4.69) is 0 Å². The highest BCUT2D eigenvalue weighted by molar-refractivity contribution is 7.17. The number of phenolic OH excluding ortho intramolecular Hbond substituents is 1. The maximum Gasteiger partial charge on any atom is 0.416 e. The first kappa shape index (κ1) is 20.1. The van der Waals surface area contributed by atoms with Gasteiger partial charge in [-0.25, -0.2) is 0 Å². The molecule has 1 aromatic carbocycles. The number of carboxylic acids is 1. The van der Waals surface area contributed by atoms with Gasteiger partial charge in [-0.05, 0) is 35.6 Å². The molecule has 2 heterocycles. The van der Waals surface area contributed by atoms with Crippen molar-refractivity contribution in [3.63, 3.8) is 0 Å². The highest BCUT2D eigenvalue weighted by Crippen LogP contribution is 2.38. The van der Waals surface area contributed by atoms with Gasteiger partial charge in [0, 0.05) is 29.7 Å². The second-order valence-corrected chi connectivity index (χ2v) is 7.53. The van der Waals surface area contributed by atoms with Crippen molar-refractivity contribution >= 4 is 27.4 Å². The topological polar surface area (TPSA) is 70.0 Å². The molecule has 0 saturated heterocycles. The number of allylic oxidation sites excluding steroid dienone is 2. The molecule has 150 valence electrons. The molecule has 28 heavy (non-hydrogen) atoms. The van der Waals surface area contributed by atoms with Crippen molar-refractivity contribution in [1.29, 1.82) is 0 Å². The number of ether oxygens (including phenoxy) is 1. The van der Waals surface area contributed by atoms with Crippen molar-refractivity contribution in [2.45, 2.75) is 19.5 Å². The van der Waals surface area contributed by atoms with E-state index < -0.39 is 17.7 Å². The molecular weight excluding hydrogens is 395 g/mol. The molecule has 0 radical (unpaired) electrons. The summed E-state index contributed by atoms with van der Waals surface area (Å²) >= 11 is 1.27. The summed E-state index contributed by atoms with van der Waals surface area (Å²) in [6, 6.07) is 2.98. The van der Waals surface area contributed by atoms with E-state index in [1.54, 1.807) is 23.4 Å². The molecule has 9 heteroatoms. The lowest BCUT2D eigenvalue weighted by molar-refractivity contribution is -0.136. The van der Waals surface area contributed by atoms with Crippen LogP contribution in [0.1, 0.15) is 12.5 Å².